The van der Waals surface area contributed by atoms with Gasteiger partial charge in [0.05, 0.1) is 0 Å². The Labute approximate surface area is 160 Å². The Hall–Kier alpha value is -2.82. The summed E-state index contributed by atoms with van der Waals surface area (Å²) in [6, 6.07) is 14.6. The van der Waals surface area contributed by atoms with Crippen LogP contribution in [0.2, 0.25) is 0 Å². The van der Waals surface area contributed by atoms with Crippen LogP contribution in [0.25, 0.3) is 0 Å². The first-order valence-electron chi connectivity index (χ1n) is 9.40. The predicted molar refractivity (Wildman–Crippen MR) is 106 cm³/mol. The van der Waals surface area contributed by atoms with Gasteiger partial charge in [-0.1, -0.05) is 24.6 Å². The van der Waals surface area contributed by atoms with Crippen LogP contribution in [0.5, 0.6) is 5.75 Å². The Morgan fingerprint density at radius 1 is 1.04 bits per heavy atom. The standard InChI is InChI=1S/C22H26N2O3/c1-16-3-9-20(10-4-16)27-15-21(25)23-19-7-5-18(6-8-19)22(26)24-13-11-17(2)12-14-24/h3-10,17H,11-15H2,1-2H3,(H,23,25). The van der Waals surface area contributed by atoms with Crippen molar-refractivity contribution in [1.29, 1.82) is 0 Å². The molecule has 3 rings (SSSR count). The lowest BCUT2D eigenvalue weighted by Gasteiger charge is -2.30. The molecule has 0 bridgehead atoms. The number of anilines is 1. The molecule has 1 N–H and O–H groups in total. The maximum absolute atomic E-state index is 12.5. The second-order valence-corrected chi connectivity index (χ2v) is 7.20. The van der Waals surface area contributed by atoms with E-state index < -0.39 is 0 Å². The molecule has 0 radical (unpaired) electrons. The van der Waals surface area contributed by atoms with Gasteiger partial charge in [0, 0.05) is 24.3 Å². The highest BCUT2D eigenvalue weighted by molar-refractivity contribution is 5.96. The van der Waals surface area contributed by atoms with Crippen LogP contribution >= 0.6 is 0 Å². The number of carbonyl (C=O) groups is 2. The number of aryl methyl sites for hydroxylation is 1. The number of nitrogens with one attached hydrogen (secondary N) is 1. The Kier molecular flexibility index (Phi) is 6.12. The van der Waals surface area contributed by atoms with Crippen LogP contribution in [0, 0.1) is 12.8 Å². The highest BCUT2D eigenvalue weighted by atomic mass is 16.5. The summed E-state index contributed by atoms with van der Waals surface area (Å²) in [4.78, 5) is 26.5. The van der Waals surface area contributed by atoms with Crippen molar-refractivity contribution in [3.8, 4) is 5.75 Å². The second kappa shape index (κ2) is 8.71. The van der Waals surface area contributed by atoms with E-state index in [1.165, 1.54) is 0 Å². The van der Waals surface area contributed by atoms with Gasteiger partial charge in [0.1, 0.15) is 5.75 Å². The smallest absolute Gasteiger partial charge is 0.262 e. The van der Waals surface area contributed by atoms with E-state index in [0.717, 1.165) is 31.5 Å². The Bertz CT molecular complexity index is 776. The van der Waals surface area contributed by atoms with Gasteiger partial charge in [-0.2, -0.15) is 0 Å². The number of nitrogens with zero attached hydrogens (tertiary/aromatic N) is 1. The third-order valence-corrected chi connectivity index (χ3v) is 4.88. The minimum absolute atomic E-state index is 0.0579. The molecule has 27 heavy (non-hydrogen) atoms. The minimum atomic E-state index is -0.236. The van der Waals surface area contributed by atoms with E-state index in [9.17, 15) is 9.59 Å². The number of piperidine rings is 1. The molecule has 1 aliphatic rings. The molecule has 2 aromatic carbocycles. The summed E-state index contributed by atoms with van der Waals surface area (Å²) in [5.74, 6) is 1.17. The van der Waals surface area contributed by atoms with Crippen molar-refractivity contribution in [2.24, 2.45) is 5.92 Å². The van der Waals surface area contributed by atoms with Crippen LogP contribution in [0.15, 0.2) is 48.5 Å². The zero-order chi connectivity index (χ0) is 19.2. The van der Waals surface area contributed by atoms with Gasteiger partial charge in [0.2, 0.25) is 0 Å². The van der Waals surface area contributed by atoms with Gasteiger partial charge < -0.3 is 15.0 Å². The van der Waals surface area contributed by atoms with Gasteiger partial charge in [0.25, 0.3) is 11.8 Å². The first-order chi connectivity index (χ1) is 13.0. The zero-order valence-corrected chi connectivity index (χ0v) is 15.9. The molecule has 0 aliphatic carbocycles. The number of likely N-dealkylation sites (tertiary alicyclic amines) is 1. The van der Waals surface area contributed by atoms with Crippen LogP contribution in [0.1, 0.15) is 35.7 Å². The average molecular weight is 366 g/mol. The van der Waals surface area contributed by atoms with Crippen molar-refractivity contribution in [3.63, 3.8) is 0 Å². The lowest BCUT2D eigenvalue weighted by molar-refractivity contribution is -0.118. The maximum Gasteiger partial charge on any atom is 0.262 e. The molecule has 1 heterocycles. The van der Waals surface area contributed by atoms with Crippen molar-refractivity contribution in [1.82, 2.24) is 4.90 Å². The first kappa shape index (κ1) is 19.0. The summed E-state index contributed by atoms with van der Waals surface area (Å²) in [6.45, 7) is 5.79. The molecule has 1 fully saturated rings. The lowest BCUT2D eigenvalue weighted by Crippen LogP contribution is -2.37. The van der Waals surface area contributed by atoms with Gasteiger partial charge in [0.15, 0.2) is 6.61 Å². The van der Waals surface area contributed by atoms with E-state index in [4.69, 9.17) is 4.74 Å². The number of benzene rings is 2. The van der Waals surface area contributed by atoms with E-state index in [-0.39, 0.29) is 18.4 Å². The molecule has 2 amide bonds. The van der Waals surface area contributed by atoms with Gasteiger partial charge in [-0.3, -0.25) is 9.59 Å². The van der Waals surface area contributed by atoms with Crippen LogP contribution in [-0.4, -0.2) is 36.4 Å². The number of carbonyl (C=O) groups excluding carboxylic acids is 2. The number of hydrogen-bond donors (Lipinski definition) is 1. The summed E-state index contributed by atoms with van der Waals surface area (Å²) in [6.07, 6.45) is 2.11. The first-order valence-corrected chi connectivity index (χ1v) is 9.40. The Balaban J connectivity index is 1.50. The van der Waals surface area contributed by atoms with E-state index >= 15 is 0 Å². The van der Waals surface area contributed by atoms with Gasteiger partial charge >= 0.3 is 0 Å². The molecule has 5 heteroatoms. The molecule has 0 saturated carbocycles. The van der Waals surface area contributed by atoms with Gasteiger partial charge in [-0.15, -0.1) is 0 Å². The maximum atomic E-state index is 12.5. The van der Waals surface area contributed by atoms with Crippen molar-refractivity contribution < 1.29 is 14.3 Å². The minimum Gasteiger partial charge on any atom is -0.484 e. The lowest BCUT2D eigenvalue weighted by atomic mass is 9.98. The monoisotopic (exact) mass is 366 g/mol. The highest BCUT2D eigenvalue weighted by Gasteiger charge is 2.21. The van der Waals surface area contributed by atoms with Gasteiger partial charge in [-0.05, 0) is 62.1 Å². The van der Waals surface area contributed by atoms with Gasteiger partial charge in [-0.25, -0.2) is 0 Å². The normalized spacial score (nSPS) is 14.7. The van der Waals surface area contributed by atoms with Crippen molar-refractivity contribution in [3.05, 3.63) is 59.7 Å². The molecular weight excluding hydrogens is 340 g/mol. The molecule has 0 aromatic heterocycles. The number of rotatable bonds is 5. The quantitative estimate of drug-likeness (QED) is 0.873. The molecule has 0 spiro atoms. The molecule has 1 aliphatic heterocycles. The third-order valence-electron chi connectivity index (χ3n) is 4.88. The molecule has 0 atom stereocenters. The highest BCUT2D eigenvalue weighted by Crippen LogP contribution is 2.19. The Morgan fingerprint density at radius 3 is 2.30 bits per heavy atom. The van der Waals surface area contributed by atoms with Crippen molar-refractivity contribution in [2.75, 3.05) is 25.0 Å². The molecule has 142 valence electrons. The Morgan fingerprint density at radius 2 is 1.67 bits per heavy atom. The summed E-state index contributed by atoms with van der Waals surface area (Å²) < 4.78 is 5.47. The number of amides is 2. The number of ether oxygens (including phenoxy) is 1. The topological polar surface area (TPSA) is 58.6 Å². The summed E-state index contributed by atoms with van der Waals surface area (Å²) in [5, 5.41) is 2.79. The molecule has 1 saturated heterocycles. The molecular formula is C22H26N2O3. The van der Waals surface area contributed by atoms with E-state index in [0.29, 0.717) is 22.9 Å². The number of hydrogen-bond acceptors (Lipinski definition) is 3. The van der Waals surface area contributed by atoms with Crippen LogP contribution in [0.4, 0.5) is 5.69 Å². The van der Waals surface area contributed by atoms with Crippen LogP contribution < -0.4 is 10.1 Å². The molecule has 5 nitrogen and oxygen atoms in total. The summed E-state index contributed by atoms with van der Waals surface area (Å²) in [5.41, 5.74) is 2.44. The molecule has 0 unspecified atom stereocenters. The fourth-order valence-corrected chi connectivity index (χ4v) is 3.07. The largest absolute Gasteiger partial charge is 0.484 e. The fourth-order valence-electron chi connectivity index (χ4n) is 3.07. The summed E-state index contributed by atoms with van der Waals surface area (Å²) in [7, 11) is 0. The average Bonchev–Trinajstić information content (AvgIpc) is 2.68. The van der Waals surface area contributed by atoms with Crippen molar-refractivity contribution >= 4 is 17.5 Å². The van der Waals surface area contributed by atoms with Crippen LogP contribution in [-0.2, 0) is 4.79 Å². The third kappa shape index (κ3) is 5.33. The predicted octanol–water partition coefficient (Wildman–Crippen LogP) is 3.88. The SMILES string of the molecule is Cc1ccc(OCC(=O)Nc2ccc(C(=O)N3CCC(C)CC3)cc2)cc1. The van der Waals surface area contributed by atoms with E-state index in [1.807, 2.05) is 36.1 Å². The fraction of sp³-hybridized carbons (Fsp3) is 0.364. The van der Waals surface area contributed by atoms with Crippen molar-refractivity contribution in [2.45, 2.75) is 26.7 Å². The van der Waals surface area contributed by atoms with E-state index in [1.54, 1.807) is 24.3 Å². The second-order valence-electron chi connectivity index (χ2n) is 7.20. The van der Waals surface area contributed by atoms with E-state index in [2.05, 4.69) is 12.2 Å². The summed E-state index contributed by atoms with van der Waals surface area (Å²) >= 11 is 0. The molecule has 2 aromatic rings. The van der Waals surface area contributed by atoms with Crippen LogP contribution in [0.3, 0.4) is 0 Å². The zero-order valence-electron chi connectivity index (χ0n) is 15.9.